The van der Waals surface area contributed by atoms with Crippen LogP contribution in [0.1, 0.15) is 38.7 Å². The van der Waals surface area contributed by atoms with Gasteiger partial charge in [-0.05, 0) is 42.7 Å². The number of rotatable bonds is 3. The zero-order valence-corrected chi connectivity index (χ0v) is 11.8. The van der Waals surface area contributed by atoms with Crippen molar-refractivity contribution in [3.8, 4) is 5.88 Å². The van der Waals surface area contributed by atoms with Gasteiger partial charge in [0.15, 0.2) is 0 Å². The highest BCUT2D eigenvalue weighted by molar-refractivity contribution is 6.31. The zero-order chi connectivity index (χ0) is 13.1. The van der Waals surface area contributed by atoms with Gasteiger partial charge in [0.25, 0.3) is 0 Å². The largest absolute Gasteiger partial charge is 0.473 e. The SMILES string of the molecule is CC1CCC(Oc2ncc(CN)cc2Cl)CC1C. The lowest BCUT2D eigenvalue weighted by Gasteiger charge is -2.32. The van der Waals surface area contributed by atoms with E-state index in [1.54, 1.807) is 6.20 Å². The molecule has 0 spiro atoms. The molecule has 4 heteroatoms. The number of halogens is 1. The molecule has 0 bridgehead atoms. The molecular formula is C14H21ClN2O. The summed E-state index contributed by atoms with van der Waals surface area (Å²) >= 11 is 6.15. The molecule has 18 heavy (non-hydrogen) atoms. The number of nitrogens with zero attached hydrogens (tertiary/aromatic N) is 1. The van der Waals surface area contributed by atoms with Crippen LogP contribution in [0.2, 0.25) is 5.02 Å². The highest BCUT2D eigenvalue weighted by atomic mass is 35.5. The minimum atomic E-state index is 0.241. The fourth-order valence-electron chi connectivity index (χ4n) is 2.43. The first-order valence-corrected chi connectivity index (χ1v) is 6.99. The molecule has 0 radical (unpaired) electrons. The molecule has 1 aromatic heterocycles. The van der Waals surface area contributed by atoms with E-state index in [9.17, 15) is 0 Å². The molecule has 0 aliphatic heterocycles. The monoisotopic (exact) mass is 268 g/mol. The van der Waals surface area contributed by atoms with E-state index in [0.717, 1.165) is 24.3 Å². The second-order valence-corrected chi connectivity index (χ2v) is 5.75. The van der Waals surface area contributed by atoms with Crippen molar-refractivity contribution in [2.45, 2.75) is 45.8 Å². The van der Waals surface area contributed by atoms with Gasteiger partial charge in [-0.15, -0.1) is 0 Å². The van der Waals surface area contributed by atoms with Crippen LogP contribution >= 0.6 is 11.6 Å². The average molecular weight is 269 g/mol. The van der Waals surface area contributed by atoms with Crippen LogP contribution in [-0.4, -0.2) is 11.1 Å². The van der Waals surface area contributed by atoms with Gasteiger partial charge in [-0.3, -0.25) is 0 Å². The van der Waals surface area contributed by atoms with Crippen LogP contribution in [0.3, 0.4) is 0 Å². The summed E-state index contributed by atoms with van der Waals surface area (Å²) in [4.78, 5) is 4.25. The number of ether oxygens (including phenoxy) is 1. The summed E-state index contributed by atoms with van der Waals surface area (Å²) in [7, 11) is 0. The predicted octanol–water partition coefficient (Wildman–Crippen LogP) is 3.40. The Hall–Kier alpha value is -0.800. The van der Waals surface area contributed by atoms with Crippen LogP contribution in [0, 0.1) is 11.8 Å². The Balaban J connectivity index is 2.01. The van der Waals surface area contributed by atoms with Gasteiger partial charge in [-0.1, -0.05) is 25.4 Å². The van der Waals surface area contributed by atoms with Crippen LogP contribution in [-0.2, 0) is 6.54 Å². The standard InChI is InChI=1S/C14H21ClN2O/c1-9-3-4-12(5-10(9)2)18-14-13(15)6-11(7-16)8-17-14/h6,8-10,12H,3-5,7,16H2,1-2H3. The van der Waals surface area contributed by atoms with Crippen LogP contribution in [0.15, 0.2) is 12.3 Å². The quantitative estimate of drug-likeness (QED) is 0.914. The Labute approximate surface area is 114 Å². The summed E-state index contributed by atoms with van der Waals surface area (Å²) in [5.74, 6) is 2.03. The van der Waals surface area contributed by atoms with Crippen LogP contribution < -0.4 is 10.5 Å². The number of aromatic nitrogens is 1. The molecule has 0 saturated heterocycles. The van der Waals surface area contributed by atoms with Gasteiger partial charge in [0.1, 0.15) is 11.1 Å². The van der Waals surface area contributed by atoms with E-state index >= 15 is 0 Å². The third-order valence-corrected chi connectivity index (χ3v) is 4.20. The van der Waals surface area contributed by atoms with Gasteiger partial charge < -0.3 is 10.5 Å². The lowest BCUT2D eigenvalue weighted by atomic mass is 9.80. The predicted molar refractivity (Wildman–Crippen MR) is 73.7 cm³/mol. The van der Waals surface area contributed by atoms with Crippen molar-refractivity contribution in [1.82, 2.24) is 4.98 Å². The second-order valence-electron chi connectivity index (χ2n) is 5.34. The van der Waals surface area contributed by atoms with Gasteiger partial charge in [0, 0.05) is 12.7 Å². The summed E-state index contributed by atoms with van der Waals surface area (Å²) in [5, 5.41) is 0.559. The normalized spacial score (nSPS) is 28.1. The molecule has 3 atom stereocenters. The van der Waals surface area contributed by atoms with Crippen LogP contribution in [0.5, 0.6) is 5.88 Å². The first kappa shape index (κ1) is 13.6. The summed E-state index contributed by atoms with van der Waals surface area (Å²) in [6.45, 7) is 5.04. The Morgan fingerprint density at radius 2 is 2.17 bits per heavy atom. The van der Waals surface area contributed by atoms with Gasteiger partial charge in [0.05, 0.1) is 0 Å². The zero-order valence-electron chi connectivity index (χ0n) is 11.0. The van der Waals surface area contributed by atoms with Crippen molar-refractivity contribution in [3.63, 3.8) is 0 Å². The molecule has 1 fully saturated rings. The lowest BCUT2D eigenvalue weighted by molar-refractivity contribution is 0.0965. The maximum absolute atomic E-state index is 6.15. The van der Waals surface area contributed by atoms with Gasteiger partial charge in [-0.25, -0.2) is 4.98 Å². The lowest BCUT2D eigenvalue weighted by Crippen LogP contribution is -2.29. The first-order valence-electron chi connectivity index (χ1n) is 6.61. The van der Waals surface area contributed by atoms with E-state index in [4.69, 9.17) is 22.1 Å². The van der Waals surface area contributed by atoms with E-state index in [-0.39, 0.29) is 6.10 Å². The average Bonchev–Trinajstić information content (AvgIpc) is 2.36. The molecule has 100 valence electrons. The first-order chi connectivity index (χ1) is 8.60. The van der Waals surface area contributed by atoms with Gasteiger partial charge in [0.2, 0.25) is 5.88 Å². The molecule has 1 heterocycles. The highest BCUT2D eigenvalue weighted by Crippen LogP contribution is 2.33. The molecule has 1 aliphatic carbocycles. The van der Waals surface area contributed by atoms with Crippen molar-refractivity contribution in [2.75, 3.05) is 0 Å². The van der Waals surface area contributed by atoms with E-state index in [1.165, 1.54) is 6.42 Å². The molecule has 2 N–H and O–H groups in total. The van der Waals surface area contributed by atoms with Crippen molar-refractivity contribution < 1.29 is 4.74 Å². The fourth-order valence-corrected chi connectivity index (χ4v) is 2.66. The summed E-state index contributed by atoms with van der Waals surface area (Å²) in [6.07, 6.45) is 5.35. The third-order valence-electron chi connectivity index (χ3n) is 3.93. The van der Waals surface area contributed by atoms with Crippen LogP contribution in [0.25, 0.3) is 0 Å². The smallest absolute Gasteiger partial charge is 0.232 e. The topological polar surface area (TPSA) is 48.1 Å². The second kappa shape index (κ2) is 5.89. The maximum atomic E-state index is 6.15. The number of hydrogen-bond donors (Lipinski definition) is 1. The van der Waals surface area contributed by atoms with E-state index in [1.807, 2.05) is 6.07 Å². The molecule has 3 unspecified atom stereocenters. The van der Waals surface area contributed by atoms with Crippen molar-refractivity contribution >= 4 is 11.6 Å². The van der Waals surface area contributed by atoms with E-state index < -0.39 is 0 Å². The fraction of sp³-hybridized carbons (Fsp3) is 0.643. The Kier molecular flexibility index (Phi) is 4.46. The molecular weight excluding hydrogens is 248 g/mol. The number of nitrogens with two attached hydrogens (primary N) is 1. The minimum Gasteiger partial charge on any atom is -0.473 e. The van der Waals surface area contributed by atoms with Crippen LogP contribution in [0.4, 0.5) is 0 Å². The summed E-state index contributed by atoms with van der Waals surface area (Å²) in [5.41, 5.74) is 6.48. The summed E-state index contributed by atoms with van der Waals surface area (Å²) in [6, 6.07) is 1.83. The molecule has 2 rings (SSSR count). The molecule has 1 aliphatic rings. The molecule has 1 aromatic rings. The van der Waals surface area contributed by atoms with E-state index in [2.05, 4.69) is 18.8 Å². The highest BCUT2D eigenvalue weighted by Gasteiger charge is 2.26. The third kappa shape index (κ3) is 3.15. The van der Waals surface area contributed by atoms with Gasteiger partial charge >= 0.3 is 0 Å². The Bertz CT molecular complexity index is 411. The molecule has 0 aromatic carbocycles. The van der Waals surface area contributed by atoms with Gasteiger partial charge in [-0.2, -0.15) is 0 Å². The number of hydrogen-bond acceptors (Lipinski definition) is 3. The maximum Gasteiger partial charge on any atom is 0.232 e. The molecule has 0 amide bonds. The van der Waals surface area contributed by atoms with Crippen molar-refractivity contribution in [1.29, 1.82) is 0 Å². The molecule has 3 nitrogen and oxygen atoms in total. The van der Waals surface area contributed by atoms with Crippen molar-refractivity contribution in [2.24, 2.45) is 17.6 Å². The van der Waals surface area contributed by atoms with Crippen molar-refractivity contribution in [3.05, 3.63) is 22.8 Å². The molecule has 1 saturated carbocycles. The minimum absolute atomic E-state index is 0.241. The Morgan fingerprint density at radius 3 is 2.78 bits per heavy atom. The van der Waals surface area contributed by atoms with E-state index in [0.29, 0.717) is 23.4 Å². The number of pyridine rings is 1. The summed E-state index contributed by atoms with van der Waals surface area (Å²) < 4.78 is 5.92. The Morgan fingerprint density at radius 1 is 1.39 bits per heavy atom.